The van der Waals surface area contributed by atoms with Crippen LogP contribution in [0, 0.1) is 0 Å². The molecule has 4 amide bonds. The third kappa shape index (κ3) is 4.07. The van der Waals surface area contributed by atoms with Crippen molar-refractivity contribution in [2.45, 2.75) is 24.9 Å². The number of benzene rings is 2. The first-order valence-electron chi connectivity index (χ1n) is 10.1. The van der Waals surface area contributed by atoms with Crippen LogP contribution in [0.3, 0.4) is 0 Å². The van der Waals surface area contributed by atoms with Gasteiger partial charge in [0.1, 0.15) is 12.3 Å². The van der Waals surface area contributed by atoms with E-state index in [2.05, 4.69) is 10.6 Å². The van der Waals surface area contributed by atoms with Crippen molar-refractivity contribution < 1.29 is 18.8 Å². The number of urea groups is 1. The Labute approximate surface area is 180 Å². The van der Waals surface area contributed by atoms with Crippen LogP contribution in [-0.2, 0) is 21.5 Å². The Morgan fingerprint density at radius 2 is 1.71 bits per heavy atom. The molecule has 0 aliphatic carbocycles. The van der Waals surface area contributed by atoms with Gasteiger partial charge in [0.25, 0.3) is 5.91 Å². The SMILES string of the molecule is CC(NC(=O)CN1C(=O)NC(Cc2ccccc2)(c2ccccc2)C1=O)c1ccco1. The standard InChI is InChI=1S/C24H23N3O4/c1-17(20-13-8-14-31-20)25-21(28)16-27-22(29)24(26-23(27)30,19-11-6-3-7-12-19)15-18-9-4-2-5-10-18/h2-14,17H,15-16H2,1H3,(H,25,28)(H,26,30). The number of hydrogen-bond acceptors (Lipinski definition) is 4. The van der Waals surface area contributed by atoms with Crippen molar-refractivity contribution in [3.05, 3.63) is 95.9 Å². The van der Waals surface area contributed by atoms with Crippen LogP contribution in [0.25, 0.3) is 0 Å². The van der Waals surface area contributed by atoms with E-state index in [9.17, 15) is 14.4 Å². The molecule has 1 aliphatic rings. The second-order valence-electron chi connectivity index (χ2n) is 7.56. The summed E-state index contributed by atoms with van der Waals surface area (Å²) in [6, 6.07) is 21.1. The van der Waals surface area contributed by atoms with Gasteiger partial charge in [0.15, 0.2) is 5.54 Å². The van der Waals surface area contributed by atoms with Crippen LogP contribution in [-0.4, -0.2) is 29.3 Å². The maximum absolute atomic E-state index is 13.5. The van der Waals surface area contributed by atoms with Gasteiger partial charge >= 0.3 is 6.03 Å². The summed E-state index contributed by atoms with van der Waals surface area (Å²) in [6.07, 6.45) is 1.80. The second-order valence-corrected chi connectivity index (χ2v) is 7.56. The largest absolute Gasteiger partial charge is 0.467 e. The lowest BCUT2D eigenvalue weighted by Crippen LogP contribution is -2.47. The molecule has 7 nitrogen and oxygen atoms in total. The van der Waals surface area contributed by atoms with Gasteiger partial charge < -0.3 is 15.1 Å². The van der Waals surface area contributed by atoms with Gasteiger partial charge in [-0.15, -0.1) is 0 Å². The van der Waals surface area contributed by atoms with E-state index in [1.54, 1.807) is 19.1 Å². The summed E-state index contributed by atoms with van der Waals surface area (Å²) in [5, 5.41) is 5.62. The lowest BCUT2D eigenvalue weighted by molar-refractivity contribution is -0.135. The minimum absolute atomic E-state index is 0.281. The molecule has 158 valence electrons. The van der Waals surface area contributed by atoms with Crippen molar-refractivity contribution in [3.63, 3.8) is 0 Å². The molecule has 2 atom stereocenters. The van der Waals surface area contributed by atoms with Gasteiger partial charge in [0.2, 0.25) is 5.91 Å². The Balaban J connectivity index is 1.57. The maximum Gasteiger partial charge on any atom is 0.325 e. The summed E-state index contributed by atoms with van der Waals surface area (Å²) in [6.45, 7) is 1.39. The van der Waals surface area contributed by atoms with Crippen LogP contribution in [0.4, 0.5) is 4.79 Å². The number of rotatable bonds is 7. The number of imide groups is 1. The lowest BCUT2D eigenvalue weighted by Gasteiger charge is -2.27. The summed E-state index contributed by atoms with van der Waals surface area (Å²) in [4.78, 5) is 39.9. The summed E-state index contributed by atoms with van der Waals surface area (Å²) in [5.74, 6) is -0.308. The highest BCUT2D eigenvalue weighted by atomic mass is 16.3. The molecule has 2 aromatic carbocycles. The highest BCUT2D eigenvalue weighted by Crippen LogP contribution is 2.33. The van der Waals surface area contributed by atoms with Crippen LogP contribution in [0.2, 0.25) is 0 Å². The van der Waals surface area contributed by atoms with E-state index in [0.29, 0.717) is 11.3 Å². The van der Waals surface area contributed by atoms with Crippen molar-refractivity contribution in [1.82, 2.24) is 15.5 Å². The van der Waals surface area contributed by atoms with Gasteiger partial charge in [0.05, 0.1) is 12.3 Å². The predicted octanol–water partition coefficient (Wildman–Crippen LogP) is 3.15. The summed E-state index contributed by atoms with van der Waals surface area (Å²) in [7, 11) is 0. The Kier molecular flexibility index (Phi) is 5.58. The number of carbonyl (C=O) groups excluding carboxylic acids is 3. The van der Waals surface area contributed by atoms with Gasteiger partial charge in [-0.1, -0.05) is 60.7 Å². The zero-order valence-corrected chi connectivity index (χ0v) is 17.1. The highest BCUT2D eigenvalue weighted by molar-refractivity contribution is 6.09. The zero-order chi connectivity index (χ0) is 21.8. The number of amides is 4. The van der Waals surface area contributed by atoms with Crippen LogP contribution in [0.5, 0.6) is 0 Å². The van der Waals surface area contributed by atoms with Crippen LogP contribution in [0.1, 0.15) is 29.9 Å². The normalized spacial score (nSPS) is 19.2. The highest BCUT2D eigenvalue weighted by Gasteiger charge is 2.52. The zero-order valence-electron chi connectivity index (χ0n) is 17.1. The maximum atomic E-state index is 13.5. The Bertz CT molecular complexity index is 1070. The van der Waals surface area contributed by atoms with Crippen LogP contribution in [0.15, 0.2) is 83.5 Å². The molecule has 2 N–H and O–H groups in total. The van der Waals surface area contributed by atoms with E-state index < -0.39 is 23.4 Å². The third-order valence-electron chi connectivity index (χ3n) is 5.40. The minimum Gasteiger partial charge on any atom is -0.467 e. The molecule has 3 aromatic rings. The molecule has 0 saturated carbocycles. The molecule has 0 bridgehead atoms. The van der Waals surface area contributed by atoms with E-state index >= 15 is 0 Å². The predicted molar refractivity (Wildman–Crippen MR) is 114 cm³/mol. The fourth-order valence-electron chi connectivity index (χ4n) is 3.85. The first-order valence-corrected chi connectivity index (χ1v) is 10.1. The van der Waals surface area contributed by atoms with E-state index in [0.717, 1.165) is 10.5 Å². The van der Waals surface area contributed by atoms with E-state index in [1.807, 2.05) is 60.7 Å². The smallest absolute Gasteiger partial charge is 0.325 e. The first kappa shape index (κ1) is 20.4. The Morgan fingerprint density at radius 3 is 2.35 bits per heavy atom. The first-order chi connectivity index (χ1) is 15.0. The number of carbonyl (C=O) groups is 3. The van der Waals surface area contributed by atoms with Crippen molar-refractivity contribution in [1.29, 1.82) is 0 Å². The summed E-state index contributed by atoms with van der Waals surface area (Å²) >= 11 is 0. The Morgan fingerprint density at radius 1 is 1.03 bits per heavy atom. The second kappa shape index (κ2) is 8.47. The fourth-order valence-corrected chi connectivity index (χ4v) is 3.85. The Hall–Kier alpha value is -3.87. The molecule has 31 heavy (non-hydrogen) atoms. The monoisotopic (exact) mass is 417 g/mol. The fraction of sp³-hybridized carbons (Fsp3) is 0.208. The molecule has 7 heteroatoms. The quantitative estimate of drug-likeness (QED) is 0.578. The molecular formula is C24H23N3O4. The number of nitrogens with one attached hydrogen (secondary N) is 2. The van der Waals surface area contributed by atoms with Crippen molar-refractivity contribution in [2.75, 3.05) is 6.54 Å². The van der Waals surface area contributed by atoms with Gasteiger partial charge in [0, 0.05) is 6.42 Å². The van der Waals surface area contributed by atoms with Crippen molar-refractivity contribution >= 4 is 17.8 Å². The van der Waals surface area contributed by atoms with Gasteiger partial charge in [-0.05, 0) is 30.2 Å². The van der Waals surface area contributed by atoms with Gasteiger partial charge in [-0.25, -0.2) is 4.79 Å². The topological polar surface area (TPSA) is 91.7 Å². The number of nitrogens with zero attached hydrogens (tertiary/aromatic N) is 1. The number of furan rings is 1. The average Bonchev–Trinajstić information content (AvgIpc) is 3.39. The third-order valence-corrected chi connectivity index (χ3v) is 5.40. The molecule has 0 radical (unpaired) electrons. The van der Waals surface area contributed by atoms with E-state index in [1.165, 1.54) is 6.26 Å². The molecule has 0 spiro atoms. The molecule has 2 unspecified atom stereocenters. The molecular weight excluding hydrogens is 394 g/mol. The van der Waals surface area contributed by atoms with Crippen molar-refractivity contribution in [3.8, 4) is 0 Å². The van der Waals surface area contributed by atoms with Gasteiger partial charge in [-0.3, -0.25) is 14.5 Å². The molecule has 1 aliphatic heterocycles. The van der Waals surface area contributed by atoms with Crippen LogP contribution < -0.4 is 10.6 Å². The van der Waals surface area contributed by atoms with Gasteiger partial charge in [-0.2, -0.15) is 0 Å². The minimum atomic E-state index is -1.27. The molecule has 1 saturated heterocycles. The van der Waals surface area contributed by atoms with Crippen molar-refractivity contribution in [2.24, 2.45) is 0 Å². The lowest BCUT2D eigenvalue weighted by atomic mass is 9.83. The van der Waals surface area contributed by atoms with Crippen LogP contribution >= 0.6 is 0 Å². The molecule has 2 heterocycles. The number of hydrogen-bond donors (Lipinski definition) is 2. The van der Waals surface area contributed by atoms with E-state index in [-0.39, 0.29) is 19.0 Å². The molecule has 4 rings (SSSR count). The molecule has 1 aromatic heterocycles. The summed E-state index contributed by atoms with van der Waals surface area (Å²) < 4.78 is 5.29. The summed E-state index contributed by atoms with van der Waals surface area (Å²) in [5.41, 5.74) is 0.300. The van der Waals surface area contributed by atoms with E-state index in [4.69, 9.17) is 4.42 Å². The molecule has 1 fully saturated rings. The average molecular weight is 417 g/mol.